The van der Waals surface area contributed by atoms with Gasteiger partial charge in [-0.25, -0.2) is 8.78 Å². The summed E-state index contributed by atoms with van der Waals surface area (Å²) in [6.07, 6.45) is 2.64. The van der Waals surface area contributed by atoms with Gasteiger partial charge in [-0.05, 0) is 19.4 Å². The monoisotopic (exact) mass is 255 g/mol. The first kappa shape index (κ1) is 13.3. The first-order valence-corrected chi connectivity index (χ1v) is 6.56. The molecule has 0 fully saturated rings. The van der Waals surface area contributed by atoms with Crippen molar-refractivity contribution in [2.75, 3.05) is 6.54 Å². The molecule has 2 rings (SSSR count). The van der Waals surface area contributed by atoms with Crippen molar-refractivity contribution in [3.05, 3.63) is 29.3 Å². The molecule has 100 valence electrons. The highest BCUT2D eigenvalue weighted by molar-refractivity contribution is 5.42. The molecule has 0 aliphatic carbocycles. The lowest BCUT2D eigenvalue weighted by atomic mass is 10.00. The molecule has 0 amide bonds. The lowest BCUT2D eigenvalue weighted by Crippen LogP contribution is -2.31. The van der Waals surface area contributed by atoms with Crippen LogP contribution in [0.2, 0.25) is 0 Å². The summed E-state index contributed by atoms with van der Waals surface area (Å²) in [7, 11) is 0. The molecule has 0 aromatic heterocycles. The first-order chi connectivity index (χ1) is 8.67. The average Bonchev–Trinajstić information content (AvgIpc) is 2.64. The first-order valence-electron chi connectivity index (χ1n) is 6.56. The third-order valence-electron chi connectivity index (χ3n) is 3.20. The van der Waals surface area contributed by atoms with Crippen LogP contribution in [0, 0.1) is 11.6 Å². The van der Waals surface area contributed by atoms with Gasteiger partial charge in [0, 0.05) is 12.1 Å². The Morgan fingerprint density at radius 3 is 2.67 bits per heavy atom. The molecule has 18 heavy (non-hydrogen) atoms. The number of fused-ring (bicyclic) bond motifs is 1. The van der Waals surface area contributed by atoms with Gasteiger partial charge in [-0.15, -0.1) is 0 Å². The number of rotatable bonds is 5. The Hall–Kier alpha value is -1.16. The van der Waals surface area contributed by atoms with E-state index in [1.165, 1.54) is 6.07 Å². The highest BCUT2D eigenvalue weighted by Crippen LogP contribution is 2.40. The second-order valence-corrected chi connectivity index (χ2v) is 4.68. The van der Waals surface area contributed by atoms with Crippen LogP contribution in [0.3, 0.4) is 0 Å². The van der Waals surface area contributed by atoms with E-state index in [1.54, 1.807) is 0 Å². The number of halogens is 2. The van der Waals surface area contributed by atoms with Crippen LogP contribution < -0.4 is 10.1 Å². The zero-order chi connectivity index (χ0) is 13.1. The Labute approximate surface area is 106 Å². The Morgan fingerprint density at radius 2 is 2.00 bits per heavy atom. The molecule has 2 unspecified atom stereocenters. The molecule has 0 bridgehead atoms. The SMILES string of the molecule is CCCNC1c2c(F)cc(F)cc2OC1CCC. The fourth-order valence-corrected chi connectivity index (χ4v) is 2.42. The van der Waals surface area contributed by atoms with Gasteiger partial charge in [-0.3, -0.25) is 0 Å². The minimum absolute atomic E-state index is 0.104. The number of benzene rings is 1. The van der Waals surface area contributed by atoms with Crippen LogP contribution in [0.5, 0.6) is 5.75 Å². The summed E-state index contributed by atoms with van der Waals surface area (Å²) in [4.78, 5) is 0. The molecule has 1 heterocycles. The van der Waals surface area contributed by atoms with Gasteiger partial charge in [0.15, 0.2) is 0 Å². The fourth-order valence-electron chi connectivity index (χ4n) is 2.42. The molecule has 2 nitrogen and oxygen atoms in total. The highest BCUT2D eigenvalue weighted by Gasteiger charge is 2.36. The molecular formula is C14H19F2NO. The molecule has 4 heteroatoms. The van der Waals surface area contributed by atoms with Crippen molar-refractivity contribution in [1.29, 1.82) is 0 Å². The Morgan fingerprint density at radius 1 is 1.22 bits per heavy atom. The quantitative estimate of drug-likeness (QED) is 0.868. The van der Waals surface area contributed by atoms with E-state index >= 15 is 0 Å². The summed E-state index contributed by atoms with van der Waals surface area (Å²) in [5, 5.41) is 3.30. The van der Waals surface area contributed by atoms with Gasteiger partial charge in [-0.2, -0.15) is 0 Å². The smallest absolute Gasteiger partial charge is 0.134 e. The molecule has 2 atom stereocenters. The average molecular weight is 255 g/mol. The van der Waals surface area contributed by atoms with Crippen LogP contribution in [0.15, 0.2) is 12.1 Å². The van der Waals surface area contributed by atoms with Gasteiger partial charge in [0.1, 0.15) is 23.5 Å². The zero-order valence-electron chi connectivity index (χ0n) is 10.8. The topological polar surface area (TPSA) is 21.3 Å². The lowest BCUT2D eigenvalue weighted by molar-refractivity contribution is 0.177. The number of nitrogens with one attached hydrogen (secondary N) is 1. The van der Waals surface area contributed by atoms with E-state index in [4.69, 9.17) is 4.74 Å². The number of hydrogen-bond acceptors (Lipinski definition) is 2. The zero-order valence-corrected chi connectivity index (χ0v) is 10.8. The Kier molecular flexibility index (Phi) is 4.17. The third-order valence-corrected chi connectivity index (χ3v) is 3.20. The summed E-state index contributed by atoms with van der Waals surface area (Å²) in [6.45, 7) is 4.91. The molecule has 0 radical (unpaired) electrons. The summed E-state index contributed by atoms with van der Waals surface area (Å²) in [6, 6.07) is 2.03. The predicted molar refractivity (Wildman–Crippen MR) is 66.7 cm³/mol. The van der Waals surface area contributed by atoms with Crippen LogP contribution in [-0.2, 0) is 0 Å². The van der Waals surface area contributed by atoms with Crippen molar-refractivity contribution in [1.82, 2.24) is 5.32 Å². The van der Waals surface area contributed by atoms with Gasteiger partial charge in [0.2, 0.25) is 0 Å². The van der Waals surface area contributed by atoms with Crippen LogP contribution >= 0.6 is 0 Å². The van der Waals surface area contributed by atoms with Gasteiger partial charge in [0.25, 0.3) is 0 Å². The highest BCUT2D eigenvalue weighted by atomic mass is 19.1. The summed E-state index contributed by atoms with van der Waals surface area (Å²) in [5.74, 6) is -0.755. The third kappa shape index (κ3) is 2.48. The second kappa shape index (κ2) is 5.65. The van der Waals surface area contributed by atoms with Gasteiger partial charge in [0.05, 0.1) is 11.6 Å². The van der Waals surface area contributed by atoms with Crippen molar-refractivity contribution in [2.24, 2.45) is 0 Å². The van der Waals surface area contributed by atoms with E-state index < -0.39 is 11.6 Å². The summed E-state index contributed by atoms with van der Waals surface area (Å²) >= 11 is 0. The van der Waals surface area contributed by atoms with E-state index in [9.17, 15) is 8.78 Å². The number of hydrogen-bond donors (Lipinski definition) is 1. The molecule has 1 N–H and O–H groups in total. The minimum Gasteiger partial charge on any atom is -0.488 e. The molecule has 0 spiro atoms. The van der Waals surface area contributed by atoms with Gasteiger partial charge in [-0.1, -0.05) is 20.3 Å². The van der Waals surface area contributed by atoms with Crippen LogP contribution in [0.1, 0.15) is 44.7 Å². The standard InChI is InChI=1S/C14H19F2NO/c1-3-5-11-14(17-6-4-2)13-10(16)7-9(15)8-12(13)18-11/h7-8,11,14,17H,3-6H2,1-2H3. The second-order valence-electron chi connectivity index (χ2n) is 4.68. The van der Waals surface area contributed by atoms with E-state index in [0.29, 0.717) is 11.3 Å². The molecule has 0 saturated heterocycles. The molecule has 0 saturated carbocycles. The number of ether oxygens (including phenoxy) is 1. The molecule has 1 aliphatic rings. The summed E-state index contributed by atoms with van der Waals surface area (Å²) < 4.78 is 32.7. The van der Waals surface area contributed by atoms with Crippen molar-refractivity contribution >= 4 is 0 Å². The van der Waals surface area contributed by atoms with Crippen LogP contribution in [-0.4, -0.2) is 12.6 Å². The van der Waals surface area contributed by atoms with Crippen molar-refractivity contribution in [2.45, 2.75) is 45.3 Å². The molecule has 1 aromatic rings. The summed E-state index contributed by atoms with van der Waals surface area (Å²) in [5.41, 5.74) is 0.475. The Bertz CT molecular complexity index is 423. The van der Waals surface area contributed by atoms with Crippen molar-refractivity contribution < 1.29 is 13.5 Å². The molecule has 1 aromatic carbocycles. The minimum atomic E-state index is -0.586. The fraction of sp³-hybridized carbons (Fsp3) is 0.571. The van der Waals surface area contributed by atoms with Crippen molar-refractivity contribution in [3.8, 4) is 5.75 Å². The van der Waals surface area contributed by atoms with Gasteiger partial charge < -0.3 is 10.1 Å². The molecular weight excluding hydrogens is 236 g/mol. The van der Waals surface area contributed by atoms with E-state index in [0.717, 1.165) is 31.9 Å². The van der Waals surface area contributed by atoms with E-state index in [2.05, 4.69) is 19.2 Å². The Balaban J connectivity index is 2.30. The predicted octanol–water partition coefficient (Wildman–Crippen LogP) is 3.57. The largest absolute Gasteiger partial charge is 0.488 e. The lowest BCUT2D eigenvalue weighted by Gasteiger charge is -2.19. The maximum absolute atomic E-state index is 13.9. The van der Waals surface area contributed by atoms with Crippen molar-refractivity contribution in [3.63, 3.8) is 0 Å². The maximum Gasteiger partial charge on any atom is 0.134 e. The van der Waals surface area contributed by atoms with E-state index in [-0.39, 0.29) is 12.1 Å². The van der Waals surface area contributed by atoms with Crippen LogP contribution in [0.25, 0.3) is 0 Å². The molecule has 1 aliphatic heterocycles. The normalized spacial score (nSPS) is 21.8. The van der Waals surface area contributed by atoms with E-state index in [1.807, 2.05) is 0 Å². The maximum atomic E-state index is 13.9. The van der Waals surface area contributed by atoms with Gasteiger partial charge >= 0.3 is 0 Å². The van der Waals surface area contributed by atoms with Crippen LogP contribution in [0.4, 0.5) is 8.78 Å².